The smallest absolute Gasteiger partial charge is 0.259 e. The van der Waals surface area contributed by atoms with Crippen molar-refractivity contribution in [1.29, 1.82) is 0 Å². The predicted octanol–water partition coefficient (Wildman–Crippen LogP) is 3.48. The molecule has 0 aliphatic rings. The summed E-state index contributed by atoms with van der Waals surface area (Å²) in [4.78, 5) is 24.0. The fourth-order valence-electron chi connectivity index (χ4n) is 2.51. The molecule has 0 fully saturated rings. The quantitative estimate of drug-likeness (QED) is 0.423. The summed E-state index contributed by atoms with van der Waals surface area (Å²) in [6, 6.07) is 16.4. The Bertz CT molecular complexity index is 1070. The highest BCUT2D eigenvalue weighted by Gasteiger charge is 2.13. The van der Waals surface area contributed by atoms with Crippen LogP contribution in [0, 0.1) is 6.92 Å². The van der Waals surface area contributed by atoms with Gasteiger partial charge in [0.05, 0.1) is 35.3 Å². The maximum Gasteiger partial charge on any atom is 0.259 e. The van der Waals surface area contributed by atoms with Crippen LogP contribution in [0.2, 0.25) is 5.15 Å². The number of hydrogen-bond donors (Lipinski definition) is 2. The molecule has 0 aliphatic carbocycles. The van der Waals surface area contributed by atoms with Crippen molar-refractivity contribution in [3.63, 3.8) is 0 Å². The molecule has 29 heavy (non-hydrogen) atoms. The summed E-state index contributed by atoms with van der Waals surface area (Å²) in [5.74, 6) is -0.828. The van der Waals surface area contributed by atoms with Crippen molar-refractivity contribution < 1.29 is 9.59 Å². The van der Waals surface area contributed by atoms with Crippen molar-refractivity contribution in [3.8, 4) is 5.69 Å². The number of nitrogens with zero attached hydrogens (tertiary/aromatic N) is 3. The van der Waals surface area contributed by atoms with Gasteiger partial charge in [-0.05, 0) is 47.1 Å². The molecule has 0 bridgehead atoms. The van der Waals surface area contributed by atoms with Crippen LogP contribution in [0.3, 0.4) is 0 Å². The monoisotopic (exact) mass is 473 g/mol. The van der Waals surface area contributed by atoms with E-state index in [0.717, 1.165) is 5.69 Å². The third-order valence-electron chi connectivity index (χ3n) is 3.96. The van der Waals surface area contributed by atoms with E-state index in [0.29, 0.717) is 26.4 Å². The summed E-state index contributed by atoms with van der Waals surface area (Å²) in [6.07, 6.45) is 1.43. The number of amides is 2. The number of aryl methyl sites for hydroxylation is 1. The molecule has 1 heterocycles. The summed E-state index contributed by atoms with van der Waals surface area (Å²) in [6.45, 7) is 1.58. The van der Waals surface area contributed by atoms with Gasteiger partial charge in [-0.2, -0.15) is 10.2 Å². The molecule has 0 saturated carbocycles. The maximum absolute atomic E-state index is 12.1. The predicted molar refractivity (Wildman–Crippen MR) is 116 cm³/mol. The second-order valence-electron chi connectivity index (χ2n) is 5.99. The SMILES string of the molecule is Cc1nn(-c2ccccc2)c(Cl)c1C=NNC(=O)CNC(=O)c1ccccc1Br. The molecule has 2 aromatic carbocycles. The van der Waals surface area contributed by atoms with E-state index in [1.165, 1.54) is 6.21 Å². The Hall–Kier alpha value is -2.97. The van der Waals surface area contributed by atoms with Crippen molar-refractivity contribution in [2.45, 2.75) is 6.92 Å². The summed E-state index contributed by atoms with van der Waals surface area (Å²) in [5, 5.41) is 11.2. The molecule has 0 unspecified atom stereocenters. The molecule has 0 radical (unpaired) electrons. The third-order valence-corrected chi connectivity index (χ3v) is 5.01. The topological polar surface area (TPSA) is 88.4 Å². The van der Waals surface area contributed by atoms with Crippen LogP contribution in [0.1, 0.15) is 21.6 Å². The number of hydrazone groups is 1. The molecule has 3 aromatic rings. The van der Waals surface area contributed by atoms with Gasteiger partial charge in [-0.25, -0.2) is 10.1 Å². The molecule has 0 aliphatic heterocycles. The summed E-state index contributed by atoms with van der Waals surface area (Å²) in [7, 11) is 0. The van der Waals surface area contributed by atoms with Gasteiger partial charge in [0.1, 0.15) is 5.15 Å². The minimum Gasteiger partial charge on any atom is -0.343 e. The van der Waals surface area contributed by atoms with E-state index < -0.39 is 5.91 Å². The molecular weight excluding hydrogens is 458 g/mol. The second kappa shape index (κ2) is 9.49. The lowest BCUT2D eigenvalue weighted by atomic mass is 10.2. The summed E-state index contributed by atoms with van der Waals surface area (Å²) in [5.41, 5.74) is 4.88. The molecule has 7 nitrogen and oxygen atoms in total. The Morgan fingerprint density at radius 3 is 2.59 bits per heavy atom. The number of hydrogen-bond acceptors (Lipinski definition) is 4. The zero-order chi connectivity index (χ0) is 20.8. The lowest BCUT2D eigenvalue weighted by molar-refractivity contribution is -0.120. The average molecular weight is 475 g/mol. The molecular formula is C20H17BrClN5O2. The molecule has 0 saturated heterocycles. The van der Waals surface area contributed by atoms with Gasteiger partial charge in [-0.15, -0.1) is 0 Å². The first-order valence-electron chi connectivity index (χ1n) is 8.62. The number of benzene rings is 2. The van der Waals surface area contributed by atoms with Gasteiger partial charge in [-0.1, -0.05) is 41.9 Å². The van der Waals surface area contributed by atoms with Gasteiger partial charge < -0.3 is 5.32 Å². The van der Waals surface area contributed by atoms with Crippen molar-refractivity contribution in [3.05, 3.63) is 81.0 Å². The second-order valence-corrected chi connectivity index (χ2v) is 7.21. The van der Waals surface area contributed by atoms with E-state index in [1.54, 1.807) is 35.9 Å². The summed E-state index contributed by atoms with van der Waals surface area (Å²) < 4.78 is 2.24. The normalized spacial score (nSPS) is 10.9. The lowest BCUT2D eigenvalue weighted by Gasteiger charge is -2.05. The zero-order valence-electron chi connectivity index (χ0n) is 15.4. The van der Waals surface area contributed by atoms with Crippen molar-refractivity contribution in [1.82, 2.24) is 20.5 Å². The number of carbonyl (C=O) groups is 2. The first-order valence-corrected chi connectivity index (χ1v) is 9.79. The van der Waals surface area contributed by atoms with E-state index >= 15 is 0 Å². The minimum absolute atomic E-state index is 0.215. The number of aromatic nitrogens is 2. The van der Waals surface area contributed by atoms with Crippen LogP contribution in [0.5, 0.6) is 0 Å². The highest BCUT2D eigenvalue weighted by Crippen LogP contribution is 2.21. The first kappa shape index (κ1) is 20.8. The molecule has 3 rings (SSSR count). The van der Waals surface area contributed by atoms with E-state index in [-0.39, 0.29) is 12.5 Å². The first-order chi connectivity index (χ1) is 14.0. The van der Waals surface area contributed by atoms with E-state index in [4.69, 9.17) is 11.6 Å². The van der Waals surface area contributed by atoms with Crippen LogP contribution in [-0.4, -0.2) is 34.4 Å². The number of para-hydroxylation sites is 1. The van der Waals surface area contributed by atoms with E-state index in [1.807, 2.05) is 30.3 Å². The van der Waals surface area contributed by atoms with Gasteiger partial charge in [0.25, 0.3) is 11.8 Å². The number of rotatable bonds is 6. The van der Waals surface area contributed by atoms with Gasteiger partial charge in [0.15, 0.2) is 0 Å². The standard InChI is InChI=1S/C20H17BrClN5O2/c1-13-16(19(22)27(26-13)14-7-3-2-4-8-14)11-24-25-18(28)12-23-20(29)15-9-5-6-10-17(15)21/h2-11H,12H2,1H3,(H,23,29)(H,25,28). The average Bonchev–Trinajstić information content (AvgIpc) is 3.01. The lowest BCUT2D eigenvalue weighted by Crippen LogP contribution is -2.35. The van der Waals surface area contributed by atoms with Crippen LogP contribution < -0.4 is 10.7 Å². The van der Waals surface area contributed by atoms with Gasteiger partial charge in [-0.3, -0.25) is 9.59 Å². The van der Waals surface area contributed by atoms with Crippen LogP contribution >= 0.6 is 27.5 Å². The molecule has 1 aromatic heterocycles. The molecule has 2 amide bonds. The Labute approximate surface area is 180 Å². The van der Waals surface area contributed by atoms with Gasteiger partial charge in [0, 0.05) is 4.47 Å². The van der Waals surface area contributed by atoms with E-state index in [9.17, 15) is 9.59 Å². The number of carbonyl (C=O) groups excluding carboxylic acids is 2. The fraction of sp³-hybridized carbons (Fsp3) is 0.100. The summed E-state index contributed by atoms with van der Waals surface area (Å²) >= 11 is 9.70. The largest absolute Gasteiger partial charge is 0.343 e. The molecule has 0 atom stereocenters. The Balaban J connectivity index is 1.59. The number of halogens is 2. The van der Waals surface area contributed by atoms with Crippen LogP contribution in [-0.2, 0) is 4.79 Å². The zero-order valence-corrected chi connectivity index (χ0v) is 17.7. The number of nitrogens with one attached hydrogen (secondary N) is 2. The van der Waals surface area contributed by atoms with Crippen LogP contribution in [0.25, 0.3) is 5.69 Å². The molecule has 2 N–H and O–H groups in total. The van der Waals surface area contributed by atoms with Crippen molar-refractivity contribution in [2.75, 3.05) is 6.54 Å². The van der Waals surface area contributed by atoms with Crippen LogP contribution in [0.4, 0.5) is 0 Å². The highest BCUT2D eigenvalue weighted by molar-refractivity contribution is 9.10. The highest BCUT2D eigenvalue weighted by atomic mass is 79.9. The van der Waals surface area contributed by atoms with Crippen molar-refractivity contribution in [2.24, 2.45) is 5.10 Å². The fourth-order valence-corrected chi connectivity index (χ4v) is 3.29. The van der Waals surface area contributed by atoms with E-state index in [2.05, 4.69) is 36.9 Å². The maximum atomic E-state index is 12.1. The Morgan fingerprint density at radius 1 is 1.17 bits per heavy atom. The Morgan fingerprint density at radius 2 is 1.86 bits per heavy atom. The molecule has 148 valence electrons. The Kier molecular flexibility index (Phi) is 6.79. The van der Waals surface area contributed by atoms with Gasteiger partial charge in [0.2, 0.25) is 0 Å². The third kappa shape index (κ3) is 5.10. The van der Waals surface area contributed by atoms with Crippen molar-refractivity contribution >= 4 is 45.6 Å². The molecule has 0 spiro atoms. The molecule has 9 heteroatoms. The minimum atomic E-state index is -0.467. The van der Waals surface area contributed by atoms with Crippen LogP contribution in [0.15, 0.2) is 64.2 Å². The van der Waals surface area contributed by atoms with Gasteiger partial charge >= 0.3 is 0 Å².